The molecule has 0 amide bonds. The Labute approximate surface area is 176 Å². The van der Waals surface area contributed by atoms with Crippen LogP contribution in [0.5, 0.6) is 0 Å². The molecule has 2 fully saturated rings. The molecule has 162 valence electrons. The third kappa shape index (κ3) is 3.48. The van der Waals surface area contributed by atoms with Crippen LogP contribution in [-0.4, -0.2) is 59.4 Å². The molecule has 0 saturated carbocycles. The number of alkyl halides is 2. The molecule has 4 rings (SSSR count). The summed E-state index contributed by atoms with van der Waals surface area (Å²) in [5.74, 6) is -1.94. The molecule has 1 aromatic heterocycles. The summed E-state index contributed by atoms with van der Waals surface area (Å²) in [6.45, 7) is 7.62. The van der Waals surface area contributed by atoms with Gasteiger partial charge in [-0.1, -0.05) is 45.0 Å². The maximum absolute atomic E-state index is 13.7. The molecule has 1 atom stereocenters. The Kier molecular flexibility index (Phi) is 5.10. The van der Waals surface area contributed by atoms with Gasteiger partial charge >= 0.3 is 0 Å². The summed E-state index contributed by atoms with van der Waals surface area (Å²) < 4.78 is 27.5. The zero-order valence-electron chi connectivity index (χ0n) is 18.1. The molecule has 0 bridgehead atoms. The molecule has 0 unspecified atom stereocenters. The highest BCUT2D eigenvalue weighted by Crippen LogP contribution is 2.50. The van der Waals surface area contributed by atoms with Crippen LogP contribution >= 0.6 is 0 Å². The van der Waals surface area contributed by atoms with Crippen molar-refractivity contribution >= 4 is 5.82 Å². The summed E-state index contributed by atoms with van der Waals surface area (Å²) in [6, 6.07) is 9.78. The second-order valence-electron chi connectivity index (χ2n) is 9.55. The van der Waals surface area contributed by atoms with Crippen LogP contribution in [-0.2, 0) is 5.60 Å². The summed E-state index contributed by atoms with van der Waals surface area (Å²) >= 11 is 0. The predicted molar refractivity (Wildman–Crippen MR) is 113 cm³/mol. The number of hydrogen-bond acceptors (Lipinski definition) is 5. The fourth-order valence-corrected chi connectivity index (χ4v) is 4.99. The zero-order chi connectivity index (χ0) is 21.7. The van der Waals surface area contributed by atoms with Crippen LogP contribution < -0.4 is 4.90 Å². The molecular weight excluding hydrogens is 386 g/mol. The summed E-state index contributed by atoms with van der Waals surface area (Å²) in [5.41, 5.74) is 0.840. The molecule has 2 aromatic rings. The number of nitrogens with zero attached hydrogens (tertiary/aromatic N) is 4. The van der Waals surface area contributed by atoms with Crippen LogP contribution in [0, 0.1) is 5.41 Å². The lowest BCUT2D eigenvalue weighted by atomic mass is 9.62. The Morgan fingerprint density at radius 3 is 2.30 bits per heavy atom. The van der Waals surface area contributed by atoms with Gasteiger partial charge in [0.25, 0.3) is 5.92 Å². The molecule has 2 aliphatic rings. The molecule has 2 aliphatic heterocycles. The van der Waals surface area contributed by atoms with Crippen molar-refractivity contribution in [1.29, 1.82) is 0 Å². The fraction of sp³-hybridized carbons (Fsp3) is 0.565. The van der Waals surface area contributed by atoms with Gasteiger partial charge in [-0.2, -0.15) is 5.10 Å². The van der Waals surface area contributed by atoms with Crippen molar-refractivity contribution < 1.29 is 13.9 Å². The Hall–Kier alpha value is -2.12. The highest BCUT2D eigenvalue weighted by atomic mass is 19.3. The Balaban J connectivity index is 1.77. The monoisotopic (exact) mass is 416 g/mol. The number of benzene rings is 1. The predicted octanol–water partition coefficient (Wildman–Crippen LogP) is 3.63. The summed E-state index contributed by atoms with van der Waals surface area (Å²) in [5, 5.41) is 20.4. The zero-order valence-corrected chi connectivity index (χ0v) is 18.1. The lowest BCUT2D eigenvalue weighted by Crippen LogP contribution is -2.63. The maximum atomic E-state index is 13.7. The minimum atomic E-state index is -2.72. The van der Waals surface area contributed by atoms with Crippen molar-refractivity contribution in [3.63, 3.8) is 0 Å². The Bertz CT molecular complexity index is 912. The third-order valence-electron chi connectivity index (χ3n) is 6.66. The van der Waals surface area contributed by atoms with E-state index in [-0.39, 0.29) is 19.5 Å². The molecule has 0 aliphatic carbocycles. The minimum Gasteiger partial charge on any atom is -0.380 e. The molecule has 0 spiro atoms. The van der Waals surface area contributed by atoms with Crippen molar-refractivity contribution in [1.82, 2.24) is 15.1 Å². The largest absolute Gasteiger partial charge is 0.380 e. The average Bonchev–Trinajstić information content (AvgIpc) is 3.06. The van der Waals surface area contributed by atoms with E-state index in [1.54, 1.807) is 17.2 Å². The summed E-state index contributed by atoms with van der Waals surface area (Å²) in [6.07, 6.45) is 1.37. The quantitative estimate of drug-likeness (QED) is 0.807. The van der Waals surface area contributed by atoms with Crippen LogP contribution in [0.2, 0.25) is 0 Å². The van der Waals surface area contributed by atoms with Gasteiger partial charge in [0, 0.05) is 37.0 Å². The van der Waals surface area contributed by atoms with Gasteiger partial charge in [0.1, 0.15) is 5.60 Å². The number of hydrogen-bond donors (Lipinski definition) is 1. The summed E-state index contributed by atoms with van der Waals surface area (Å²) in [4.78, 5) is 3.71. The van der Waals surface area contributed by atoms with E-state index in [0.717, 1.165) is 18.7 Å². The fourth-order valence-electron chi connectivity index (χ4n) is 4.99. The standard InChI is InChI=1S/C23H30F2N4O/c1-16(2)17-5-7-18(8-6-17)23(30,21(3)13-28(4)14-21)19-11-20(27-26-12-19)29-10-9-22(24,25)15-29/h5-8,11-12,16,30H,9-10,13-15H2,1-4H3/t23-/m0/s1. The van der Waals surface area contributed by atoms with E-state index in [1.165, 1.54) is 5.56 Å². The first kappa shape index (κ1) is 21.1. The first-order valence-corrected chi connectivity index (χ1v) is 10.5. The van der Waals surface area contributed by atoms with E-state index in [4.69, 9.17) is 0 Å². The van der Waals surface area contributed by atoms with Gasteiger partial charge < -0.3 is 14.9 Å². The van der Waals surface area contributed by atoms with Gasteiger partial charge in [-0.15, -0.1) is 5.10 Å². The molecule has 7 heteroatoms. The SMILES string of the molecule is CC(C)c1ccc([C@](O)(c2cnnc(N3CCC(F)(F)C3)c2)C2(C)CN(C)C2)cc1. The van der Waals surface area contributed by atoms with Crippen LogP contribution in [0.15, 0.2) is 36.5 Å². The minimum absolute atomic E-state index is 0.192. The maximum Gasteiger partial charge on any atom is 0.266 e. The van der Waals surface area contributed by atoms with Gasteiger partial charge in [-0.25, -0.2) is 8.78 Å². The average molecular weight is 417 g/mol. The molecule has 1 N–H and O–H groups in total. The molecule has 5 nitrogen and oxygen atoms in total. The number of anilines is 1. The third-order valence-corrected chi connectivity index (χ3v) is 6.66. The van der Waals surface area contributed by atoms with E-state index < -0.39 is 16.9 Å². The molecule has 30 heavy (non-hydrogen) atoms. The molecule has 3 heterocycles. The Morgan fingerprint density at radius 2 is 1.77 bits per heavy atom. The number of aromatic nitrogens is 2. The first-order valence-electron chi connectivity index (χ1n) is 10.5. The molecule has 2 saturated heterocycles. The smallest absolute Gasteiger partial charge is 0.266 e. The van der Waals surface area contributed by atoms with Crippen LogP contribution in [0.25, 0.3) is 0 Å². The first-order chi connectivity index (χ1) is 14.0. The molecular formula is C23H30F2N4O. The van der Waals surface area contributed by atoms with Crippen molar-refractivity contribution in [3.05, 3.63) is 53.2 Å². The van der Waals surface area contributed by atoms with Crippen LogP contribution in [0.3, 0.4) is 0 Å². The number of aliphatic hydroxyl groups is 1. The number of rotatable bonds is 5. The Morgan fingerprint density at radius 1 is 1.10 bits per heavy atom. The van der Waals surface area contributed by atoms with E-state index >= 15 is 0 Å². The van der Waals surface area contributed by atoms with E-state index in [2.05, 4.69) is 35.9 Å². The summed E-state index contributed by atoms with van der Waals surface area (Å²) in [7, 11) is 2.02. The van der Waals surface area contributed by atoms with Crippen LogP contribution in [0.4, 0.5) is 14.6 Å². The second-order valence-corrected chi connectivity index (χ2v) is 9.55. The van der Waals surface area contributed by atoms with Crippen molar-refractivity contribution in [2.45, 2.75) is 44.6 Å². The van der Waals surface area contributed by atoms with Gasteiger partial charge in [0.05, 0.1) is 12.7 Å². The molecule has 1 aromatic carbocycles. The second kappa shape index (κ2) is 7.24. The van der Waals surface area contributed by atoms with Gasteiger partial charge in [0.15, 0.2) is 5.82 Å². The highest BCUT2D eigenvalue weighted by Gasteiger charge is 2.55. The van der Waals surface area contributed by atoms with E-state index in [1.807, 2.05) is 31.3 Å². The normalized spacial score (nSPS) is 22.7. The number of likely N-dealkylation sites (tertiary alicyclic amines) is 1. The lowest BCUT2D eigenvalue weighted by Gasteiger charge is -2.55. The van der Waals surface area contributed by atoms with E-state index in [0.29, 0.717) is 17.3 Å². The van der Waals surface area contributed by atoms with Gasteiger partial charge in [0.2, 0.25) is 0 Å². The van der Waals surface area contributed by atoms with Crippen molar-refractivity contribution in [3.8, 4) is 0 Å². The van der Waals surface area contributed by atoms with E-state index in [9.17, 15) is 13.9 Å². The lowest BCUT2D eigenvalue weighted by molar-refractivity contribution is -0.127. The van der Waals surface area contributed by atoms with Crippen molar-refractivity contribution in [2.75, 3.05) is 38.1 Å². The van der Waals surface area contributed by atoms with Crippen molar-refractivity contribution in [2.24, 2.45) is 5.41 Å². The highest BCUT2D eigenvalue weighted by molar-refractivity contribution is 5.48. The topological polar surface area (TPSA) is 52.5 Å². The van der Waals surface area contributed by atoms with Gasteiger partial charge in [-0.3, -0.25) is 0 Å². The van der Waals surface area contributed by atoms with Crippen LogP contribution in [0.1, 0.15) is 49.8 Å². The van der Waals surface area contributed by atoms with Gasteiger partial charge in [-0.05, 0) is 30.2 Å². The molecule has 0 radical (unpaired) electrons. The number of halogens is 2.